The number of carbonyl (C=O) groups excluding carboxylic acids is 9. The minimum atomic E-state index is -1.42. The van der Waals surface area contributed by atoms with Gasteiger partial charge in [-0.3, -0.25) is 48.1 Å². The Morgan fingerprint density at radius 2 is 1.49 bits per heavy atom. The highest BCUT2D eigenvalue weighted by atomic mass is 16.2. The van der Waals surface area contributed by atoms with Crippen molar-refractivity contribution in [2.75, 3.05) is 13.1 Å². The third kappa shape index (κ3) is 17.0. The van der Waals surface area contributed by atoms with Gasteiger partial charge in [0.2, 0.25) is 53.2 Å². The van der Waals surface area contributed by atoms with Crippen molar-refractivity contribution in [2.24, 2.45) is 22.2 Å². The molecule has 0 bridgehead atoms. The minimum Gasteiger partial charge on any atom is -0.370 e. The first-order chi connectivity index (χ1) is 32.4. The topological polar surface area (TPSA) is 356 Å². The van der Waals surface area contributed by atoms with Crippen LogP contribution in [0.15, 0.2) is 65.8 Å². The number of nitrogens with two attached hydrogens (primary N) is 3. The molecule has 368 valence electrons. The third-order valence-corrected chi connectivity index (χ3v) is 11.2. The molecule has 22 heteroatoms. The average molecular weight is 944 g/mol. The van der Waals surface area contributed by atoms with Crippen LogP contribution in [-0.4, -0.2) is 119 Å². The van der Waals surface area contributed by atoms with Crippen LogP contribution in [0.5, 0.6) is 0 Å². The van der Waals surface area contributed by atoms with Gasteiger partial charge >= 0.3 is 0 Å². The number of aromatic nitrogens is 1. The highest BCUT2D eigenvalue weighted by Crippen LogP contribution is 2.19. The quantitative estimate of drug-likeness (QED) is 0.0416. The number of unbranched alkanes of at least 4 members (excludes halogenated alkanes) is 1. The van der Waals surface area contributed by atoms with Crippen molar-refractivity contribution in [3.63, 3.8) is 0 Å². The molecule has 9 amide bonds. The van der Waals surface area contributed by atoms with E-state index in [0.29, 0.717) is 24.0 Å². The summed E-state index contributed by atoms with van der Waals surface area (Å²) in [7, 11) is 0. The second-order valence-corrected chi connectivity index (χ2v) is 16.7. The lowest BCUT2D eigenvalue weighted by atomic mass is 10.0. The molecule has 0 aliphatic carbocycles. The molecule has 3 aromatic rings. The van der Waals surface area contributed by atoms with E-state index in [1.165, 1.54) is 13.8 Å². The number of fused-ring (bicyclic) bond motifs is 1. The zero-order chi connectivity index (χ0) is 49.8. The number of nitrogens with zero attached hydrogens (tertiary/aromatic N) is 1. The number of hydrogen-bond donors (Lipinski definition) is 12. The number of benzene rings is 2. The molecule has 1 aliphatic rings. The Labute approximate surface area is 394 Å². The van der Waals surface area contributed by atoms with Crippen molar-refractivity contribution in [3.05, 3.63) is 71.9 Å². The maximum atomic E-state index is 14.3. The molecule has 15 N–H and O–H groups in total. The smallest absolute Gasteiger partial charge is 0.243 e. The normalized spacial score (nSPS) is 20.8. The number of hydrogen-bond acceptors (Lipinski definition) is 10. The predicted molar refractivity (Wildman–Crippen MR) is 253 cm³/mol. The molecule has 0 spiro atoms. The number of primary amides is 1. The number of nitrogens with one attached hydrogen (secondary N) is 9. The minimum absolute atomic E-state index is 0.00541. The van der Waals surface area contributed by atoms with Gasteiger partial charge in [0.15, 0.2) is 5.96 Å². The van der Waals surface area contributed by atoms with Crippen molar-refractivity contribution >= 4 is 70.0 Å². The van der Waals surface area contributed by atoms with Gasteiger partial charge in [-0.15, -0.1) is 0 Å². The lowest BCUT2D eigenvalue weighted by Gasteiger charge is -2.27. The molecule has 2 heterocycles. The summed E-state index contributed by atoms with van der Waals surface area (Å²) in [6, 6.07) is 7.10. The number of H-pyrrole nitrogens is 1. The molecule has 4 rings (SSSR count). The Balaban J connectivity index is 1.69. The molecule has 68 heavy (non-hydrogen) atoms. The fourth-order valence-electron chi connectivity index (χ4n) is 7.52. The highest BCUT2D eigenvalue weighted by Gasteiger charge is 2.34. The van der Waals surface area contributed by atoms with Gasteiger partial charge in [-0.05, 0) is 56.2 Å². The molecule has 1 fully saturated rings. The standard InChI is InChI=1S/C46H65N13O9/c1-4-5-15-32(54-27(3)60)42(65)56-34-18-19-38(61)50-22-20-35(44(67)58-36(39(47)62)24-29-25-52-31-16-10-9-14-30(29)31)57-43(66)33(17-11-21-51-46(48)49)55-45(68)37(23-28-12-7-6-8-13-28)59-40(63)26(2)53-41(34)64/h6-10,12-14,16,25-26,32-37,52H,4-5,11,15,17-24H2,1-3H3,(H2,47,62)(H,50,61)(H,53,64)(H,54,60)(H,55,68)(H,56,65)(H,57,66)(H,58,67)(H,59,63)(H4,48,49,51). The van der Waals surface area contributed by atoms with Crippen LogP contribution < -0.4 is 59.7 Å². The van der Waals surface area contributed by atoms with Crippen molar-refractivity contribution in [1.82, 2.24) is 47.5 Å². The van der Waals surface area contributed by atoms with E-state index in [-0.39, 0.29) is 70.4 Å². The Hall–Kier alpha value is -7.52. The Morgan fingerprint density at radius 3 is 2.18 bits per heavy atom. The van der Waals surface area contributed by atoms with E-state index in [1.54, 1.807) is 36.5 Å². The number of guanidine groups is 1. The van der Waals surface area contributed by atoms with Gasteiger partial charge in [-0.25, -0.2) is 0 Å². The van der Waals surface area contributed by atoms with Crippen molar-refractivity contribution in [2.45, 2.75) is 127 Å². The van der Waals surface area contributed by atoms with Crippen molar-refractivity contribution in [3.8, 4) is 0 Å². The Kier molecular flexibility index (Phi) is 20.8. The molecule has 1 aliphatic heterocycles. The summed E-state index contributed by atoms with van der Waals surface area (Å²) in [4.78, 5) is 129. The summed E-state index contributed by atoms with van der Waals surface area (Å²) >= 11 is 0. The number of carbonyl (C=O) groups is 9. The van der Waals surface area contributed by atoms with Gasteiger partial charge in [-0.1, -0.05) is 68.3 Å². The molecular weight excluding hydrogens is 879 g/mol. The van der Waals surface area contributed by atoms with E-state index in [2.05, 4.69) is 52.5 Å². The lowest BCUT2D eigenvalue weighted by molar-refractivity contribution is -0.135. The third-order valence-electron chi connectivity index (χ3n) is 11.2. The largest absolute Gasteiger partial charge is 0.370 e. The molecule has 1 saturated heterocycles. The maximum Gasteiger partial charge on any atom is 0.243 e. The van der Waals surface area contributed by atoms with Crippen LogP contribution in [0.2, 0.25) is 0 Å². The molecule has 2 aromatic carbocycles. The number of aliphatic imine (C=N–C) groups is 1. The first-order valence-electron chi connectivity index (χ1n) is 22.7. The van der Waals surface area contributed by atoms with E-state index >= 15 is 0 Å². The van der Waals surface area contributed by atoms with Crippen LogP contribution in [0.4, 0.5) is 0 Å². The Bertz CT molecular complexity index is 2280. The molecule has 7 atom stereocenters. The van der Waals surface area contributed by atoms with Crippen LogP contribution in [-0.2, 0) is 56.0 Å². The summed E-state index contributed by atoms with van der Waals surface area (Å²) in [6.07, 6.45) is 2.53. The van der Waals surface area contributed by atoms with Crippen LogP contribution in [0, 0.1) is 0 Å². The molecule has 0 saturated carbocycles. The van der Waals surface area contributed by atoms with E-state index < -0.39 is 95.5 Å². The van der Waals surface area contributed by atoms with E-state index in [4.69, 9.17) is 17.2 Å². The number of aromatic amines is 1. The van der Waals surface area contributed by atoms with Gasteiger partial charge < -0.3 is 64.7 Å². The monoisotopic (exact) mass is 944 g/mol. The first kappa shape index (κ1) is 53.1. The Morgan fingerprint density at radius 1 is 0.794 bits per heavy atom. The second kappa shape index (κ2) is 26.6. The summed E-state index contributed by atoms with van der Waals surface area (Å²) in [5, 5.41) is 21.9. The number of para-hydroxylation sites is 1. The molecule has 22 nitrogen and oxygen atoms in total. The molecule has 7 unspecified atom stereocenters. The van der Waals surface area contributed by atoms with E-state index in [0.717, 1.165) is 10.9 Å². The first-order valence-corrected chi connectivity index (χ1v) is 22.7. The summed E-state index contributed by atoms with van der Waals surface area (Å²) in [5.41, 5.74) is 18.9. The highest BCUT2D eigenvalue weighted by molar-refractivity contribution is 5.98. The second-order valence-electron chi connectivity index (χ2n) is 16.7. The van der Waals surface area contributed by atoms with E-state index in [1.807, 2.05) is 31.2 Å². The van der Waals surface area contributed by atoms with Gasteiger partial charge in [0, 0.05) is 56.4 Å². The molecule has 0 radical (unpaired) electrons. The van der Waals surface area contributed by atoms with Gasteiger partial charge in [0.05, 0.1) is 0 Å². The fourth-order valence-corrected chi connectivity index (χ4v) is 7.52. The maximum absolute atomic E-state index is 14.3. The number of amides is 9. The zero-order valence-electron chi connectivity index (χ0n) is 38.7. The lowest BCUT2D eigenvalue weighted by Crippen LogP contribution is -2.60. The van der Waals surface area contributed by atoms with Crippen LogP contribution >= 0.6 is 0 Å². The molecular formula is C46H65N13O9. The van der Waals surface area contributed by atoms with Crippen molar-refractivity contribution < 1.29 is 43.2 Å². The van der Waals surface area contributed by atoms with Gasteiger partial charge in [0.1, 0.15) is 42.3 Å². The van der Waals surface area contributed by atoms with Crippen LogP contribution in [0.3, 0.4) is 0 Å². The van der Waals surface area contributed by atoms with Gasteiger partial charge in [0.25, 0.3) is 0 Å². The van der Waals surface area contributed by atoms with Crippen LogP contribution in [0.25, 0.3) is 10.9 Å². The average Bonchev–Trinajstić information content (AvgIpc) is 3.71. The summed E-state index contributed by atoms with van der Waals surface area (Å²) < 4.78 is 0. The zero-order valence-corrected chi connectivity index (χ0v) is 38.7. The SMILES string of the molecule is CCCCC(NC(C)=O)C(=O)NC1CCC(=O)NCCC(C(=O)NC(Cc2c[nH]c3ccccc23)C(N)=O)NC(=O)C(CCCN=C(N)N)NC(=O)C(Cc2ccccc2)NC(=O)C(C)NC1=O. The predicted octanol–water partition coefficient (Wildman–Crippen LogP) is -1.58. The fraction of sp³-hybridized carbons (Fsp3) is 0.478. The van der Waals surface area contributed by atoms with Crippen LogP contribution in [0.1, 0.15) is 83.3 Å². The summed E-state index contributed by atoms with van der Waals surface area (Å²) in [6.45, 7) is 4.40. The van der Waals surface area contributed by atoms with Crippen molar-refractivity contribution in [1.29, 1.82) is 0 Å². The summed E-state index contributed by atoms with van der Waals surface area (Å²) in [5.74, 6) is -6.85. The van der Waals surface area contributed by atoms with E-state index in [9.17, 15) is 43.2 Å². The van der Waals surface area contributed by atoms with Gasteiger partial charge in [-0.2, -0.15) is 0 Å². The molecule has 1 aromatic heterocycles. The number of rotatable bonds is 17.